The zero-order valence-corrected chi connectivity index (χ0v) is 38.3. The van der Waals surface area contributed by atoms with Gasteiger partial charge in [-0.25, -0.2) is 15.0 Å². The number of para-hydroxylation sites is 2. The molecule has 11 aromatic rings. The normalized spacial score (nSPS) is 16.4. The fourth-order valence-corrected chi connectivity index (χ4v) is 11.6. The van der Waals surface area contributed by atoms with Crippen molar-refractivity contribution in [3.8, 4) is 51.0 Å². The van der Waals surface area contributed by atoms with E-state index in [9.17, 15) is 0 Å². The lowest BCUT2D eigenvalue weighted by Gasteiger charge is -2.29. The van der Waals surface area contributed by atoms with Gasteiger partial charge in [0.1, 0.15) is 0 Å². The third-order valence-corrected chi connectivity index (χ3v) is 14.9. The summed E-state index contributed by atoms with van der Waals surface area (Å²) in [6.07, 6.45) is 7.26. The van der Waals surface area contributed by atoms with Crippen molar-refractivity contribution < 1.29 is 0 Å². The molecule has 9 aromatic carbocycles. The molecule has 2 atom stereocenters. The van der Waals surface area contributed by atoms with Crippen LogP contribution in [-0.2, 0) is 5.41 Å². The van der Waals surface area contributed by atoms with Gasteiger partial charge in [-0.3, -0.25) is 0 Å². The van der Waals surface area contributed by atoms with Crippen molar-refractivity contribution in [2.24, 2.45) is 0 Å². The fourth-order valence-electron chi connectivity index (χ4n) is 11.6. The molecule has 2 unspecified atom stereocenters. The Balaban J connectivity index is 0.966. The molecule has 0 fully saturated rings. The maximum Gasteiger partial charge on any atom is 0.164 e. The monoisotopic (exact) mass is 883 g/mol. The Hall–Kier alpha value is -8.67. The van der Waals surface area contributed by atoms with Crippen LogP contribution in [-0.4, -0.2) is 25.6 Å². The highest BCUT2D eigenvalue weighted by Gasteiger charge is 2.39. The zero-order chi connectivity index (χ0) is 45.8. The first-order chi connectivity index (χ1) is 34.0. The number of nitrogens with zero attached hydrogens (tertiary/aromatic N) is 5. The van der Waals surface area contributed by atoms with E-state index in [0.717, 1.165) is 27.9 Å². The second-order valence-corrected chi connectivity index (χ2v) is 19.2. The van der Waals surface area contributed by atoms with Crippen LogP contribution >= 0.6 is 0 Å². The molecule has 69 heavy (non-hydrogen) atoms. The molecule has 3 aliphatic rings. The Morgan fingerprint density at radius 3 is 1.87 bits per heavy atom. The van der Waals surface area contributed by atoms with Gasteiger partial charge in [0, 0.05) is 55.9 Å². The maximum atomic E-state index is 5.14. The molecule has 0 N–H and O–H groups in total. The van der Waals surface area contributed by atoms with Gasteiger partial charge in [-0.15, -0.1) is 0 Å². The molecule has 3 heterocycles. The van der Waals surface area contributed by atoms with Crippen LogP contribution in [0.5, 0.6) is 0 Å². The van der Waals surface area contributed by atoms with Gasteiger partial charge < -0.3 is 9.47 Å². The highest BCUT2D eigenvalue weighted by Crippen LogP contribution is 2.54. The highest BCUT2D eigenvalue weighted by atomic mass is 15.2. The number of aromatic nitrogens is 4. The average Bonchev–Trinajstić information content (AvgIpc) is 4.00. The Labute approximate surface area is 401 Å². The Morgan fingerprint density at radius 2 is 1.10 bits per heavy atom. The van der Waals surface area contributed by atoms with Crippen LogP contribution in [0.3, 0.4) is 0 Å². The number of rotatable bonds is 6. The van der Waals surface area contributed by atoms with E-state index in [2.05, 4.69) is 211 Å². The summed E-state index contributed by atoms with van der Waals surface area (Å²) in [4.78, 5) is 17.8. The molecular weight excluding hydrogens is 839 g/mol. The molecule has 2 aliphatic carbocycles. The lowest BCUT2D eigenvalue weighted by Crippen LogP contribution is -2.28. The molecule has 5 nitrogen and oxygen atoms in total. The van der Waals surface area contributed by atoms with Crippen LogP contribution in [0, 0.1) is 0 Å². The molecule has 0 radical (unpaired) electrons. The van der Waals surface area contributed by atoms with E-state index in [1.807, 2.05) is 36.4 Å². The second-order valence-electron chi connectivity index (χ2n) is 19.2. The van der Waals surface area contributed by atoms with Gasteiger partial charge >= 0.3 is 0 Å². The standard InChI is InChI=1S/C64H45N5/c1-64(2)54-32-29-40-17-12-13-26-48(40)60(54)53-38-52-51-37-44(43-30-33-57-50(36-43)49-27-14-15-28-56(49)68(57)46-23-10-5-11-24-46)31-34-58(51)69(59(52)39-55(53)64)47-25-16-22-45(35-47)63-66-61(41-18-6-3-7-19-41)65-62(67-63)42-20-8-4-9-21-42/h3-39,50,57H,1-2H3. The number of hydrogen-bond acceptors (Lipinski definition) is 4. The van der Waals surface area contributed by atoms with Gasteiger partial charge in [0.25, 0.3) is 0 Å². The van der Waals surface area contributed by atoms with E-state index in [-0.39, 0.29) is 17.4 Å². The number of fused-ring (bicyclic) bond motifs is 11. The summed E-state index contributed by atoms with van der Waals surface area (Å²) in [7, 11) is 0. The molecule has 0 saturated heterocycles. The lowest BCUT2D eigenvalue weighted by atomic mass is 9.82. The van der Waals surface area contributed by atoms with E-state index in [1.54, 1.807) is 0 Å². The predicted octanol–water partition coefficient (Wildman–Crippen LogP) is 15.7. The fraction of sp³-hybridized carbons (Fsp3) is 0.0781. The average molecular weight is 884 g/mol. The summed E-state index contributed by atoms with van der Waals surface area (Å²) in [6.45, 7) is 4.77. The van der Waals surface area contributed by atoms with Crippen molar-refractivity contribution in [3.05, 3.63) is 247 Å². The van der Waals surface area contributed by atoms with Crippen molar-refractivity contribution in [3.63, 3.8) is 0 Å². The molecule has 326 valence electrons. The number of allylic oxidation sites excluding steroid dienone is 2. The first-order valence-corrected chi connectivity index (χ1v) is 23.9. The van der Waals surface area contributed by atoms with Gasteiger partial charge in [-0.1, -0.05) is 184 Å². The molecule has 2 aromatic heterocycles. The largest absolute Gasteiger partial charge is 0.333 e. The van der Waals surface area contributed by atoms with Crippen LogP contribution < -0.4 is 4.90 Å². The summed E-state index contributed by atoms with van der Waals surface area (Å²) in [5.74, 6) is 2.14. The Bertz CT molecular complexity index is 3880. The third kappa shape index (κ3) is 6.13. The van der Waals surface area contributed by atoms with Crippen molar-refractivity contribution >= 4 is 49.5 Å². The van der Waals surface area contributed by atoms with Crippen LogP contribution in [0.2, 0.25) is 0 Å². The van der Waals surface area contributed by atoms with Gasteiger partial charge in [-0.2, -0.15) is 0 Å². The van der Waals surface area contributed by atoms with Gasteiger partial charge in [0.05, 0.1) is 17.1 Å². The first-order valence-electron chi connectivity index (χ1n) is 23.9. The van der Waals surface area contributed by atoms with E-state index >= 15 is 0 Å². The Kier molecular flexibility index (Phi) is 8.69. The van der Waals surface area contributed by atoms with Crippen molar-refractivity contribution in [1.82, 2.24) is 19.5 Å². The molecule has 0 spiro atoms. The van der Waals surface area contributed by atoms with E-state index in [0.29, 0.717) is 17.5 Å². The topological polar surface area (TPSA) is 46.8 Å². The lowest BCUT2D eigenvalue weighted by molar-refractivity contribution is 0.661. The summed E-state index contributed by atoms with van der Waals surface area (Å²) >= 11 is 0. The SMILES string of the molecule is CC1(C)c2cc3c(cc2-c2c1ccc1ccccc21)c1cc(C2=CC4c5ccccc5N(c5ccccc5)C4C=C2)ccc1n3-c1cccc(-c2nc(-c3ccccc3)nc(-c3ccccc3)n2)c1. The summed E-state index contributed by atoms with van der Waals surface area (Å²) < 4.78 is 2.46. The number of anilines is 2. The highest BCUT2D eigenvalue weighted by molar-refractivity contribution is 6.14. The van der Waals surface area contributed by atoms with Gasteiger partial charge in [0.2, 0.25) is 0 Å². The number of hydrogen-bond donors (Lipinski definition) is 0. The van der Waals surface area contributed by atoms with E-state index < -0.39 is 0 Å². The van der Waals surface area contributed by atoms with Gasteiger partial charge in [0.15, 0.2) is 17.5 Å². The first kappa shape index (κ1) is 39.5. The van der Waals surface area contributed by atoms with Crippen LogP contribution in [0.1, 0.15) is 42.0 Å². The van der Waals surface area contributed by atoms with Crippen LogP contribution in [0.15, 0.2) is 224 Å². The zero-order valence-electron chi connectivity index (χ0n) is 38.3. The molecule has 1 aliphatic heterocycles. The predicted molar refractivity (Wildman–Crippen MR) is 284 cm³/mol. The van der Waals surface area contributed by atoms with Crippen LogP contribution in [0.4, 0.5) is 11.4 Å². The van der Waals surface area contributed by atoms with Gasteiger partial charge in [-0.05, 0) is 104 Å². The molecule has 0 bridgehead atoms. The van der Waals surface area contributed by atoms with Crippen molar-refractivity contribution in [2.45, 2.75) is 31.2 Å². The molecular formula is C64H45N5. The smallest absolute Gasteiger partial charge is 0.164 e. The quantitative estimate of drug-likeness (QED) is 0.167. The second kappa shape index (κ2) is 15.2. The minimum absolute atomic E-state index is 0.198. The maximum absolute atomic E-state index is 5.14. The summed E-state index contributed by atoms with van der Waals surface area (Å²) in [5, 5.41) is 5.01. The third-order valence-electron chi connectivity index (χ3n) is 14.9. The van der Waals surface area contributed by atoms with Crippen LogP contribution in [0.25, 0.3) is 89.1 Å². The Morgan fingerprint density at radius 1 is 0.464 bits per heavy atom. The number of benzene rings is 9. The summed E-state index contributed by atoms with van der Waals surface area (Å²) in [5.41, 5.74) is 17.6. The minimum atomic E-state index is -0.205. The van der Waals surface area contributed by atoms with E-state index in [4.69, 9.17) is 15.0 Å². The molecule has 14 rings (SSSR count). The van der Waals surface area contributed by atoms with E-state index in [1.165, 1.54) is 77.4 Å². The van der Waals surface area contributed by atoms with Crippen molar-refractivity contribution in [1.29, 1.82) is 0 Å². The molecule has 5 heteroatoms. The summed E-state index contributed by atoms with van der Waals surface area (Å²) in [6, 6.07) is 74.6. The molecule has 0 amide bonds. The minimum Gasteiger partial charge on any atom is -0.333 e. The van der Waals surface area contributed by atoms with Crippen molar-refractivity contribution in [2.75, 3.05) is 4.90 Å². The molecule has 0 saturated carbocycles.